The summed E-state index contributed by atoms with van der Waals surface area (Å²) in [5.41, 5.74) is -6.06. The number of carbonyl (C=O) groups is 1. The van der Waals surface area contributed by atoms with E-state index in [-0.39, 0.29) is 0 Å². The Bertz CT molecular complexity index is 317. The molecule has 0 fully saturated rings. The molecule has 0 saturated heterocycles. The Hall–Kier alpha value is -0.780. The fourth-order valence-electron chi connectivity index (χ4n) is 0.955. The summed E-state index contributed by atoms with van der Waals surface area (Å²) in [4.78, 5) is 11.8. The molecule has 18 heavy (non-hydrogen) atoms. The van der Waals surface area contributed by atoms with Crippen molar-refractivity contribution in [3.05, 3.63) is 0 Å². The molecule has 3 nitrogen and oxygen atoms in total. The van der Waals surface area contributed by atoms with Gasteiger partial charge in [0.1, 0.15) is 5.60 Å². The maximum absolute atomic E-state index is 12.7. The smallest absolute Gasteiger partial charge is 0.420 e. The Labute approximate surface area is 105 Å². The number of aliphatic hydroxyl groups is 1. The van der Waals surface area contributed by atoms with E-state index < -0.39 is 28.8 Å². The Balaban J connectivity index is 5.15. The fraction of sp³-hybridized carbons (Fsp3) is 0.917. The van der Waals surface area contributed by atoms with Gasteiger partial charge in [0.25, 0.3) is 0 Å². The molecule has 0 radical (unpaired) electrons. The van der Waals surface area contributed by atoms with Crippen molar-refractivity contribution in [3.8, 4) is 0 Å². The van der Waals surface area contributed by atoms with Crippen LogP contribution in [0.15, 0.2) is 0 Å². The monoisotopic (exact) mass is 270 g/mol. The van der Waals surface area contributed by atoms with Crippen LogP contribution < -0.4 is 0 Å². The number of hydrogen-bond acceptors (Lipinski definition) is 3. The molecule has 0 rings (SSSR count). The van der Waals surface area contributed by atoms with Crippen molar-refractivity contribution in [3.63, 3.8) is 0 Å². The lowest BCUT2D eigenvalue weighted by Crippen LogP contribution is -2.60. The zero-order valence-electron chi connectivity index (χ0n) is 11.6. The number of rotatable bonds is 4. The highest BCUT2D eigenvalue weighted by Crippen LogP contribution is 2.41. The number of esters is 1. The van der Waals surface area contributed by atoms with Crippen LogP contribution in [-0.4, -0.2) is 28.5 Å². The standard InChI is InChI=1S/C12H21F3O3/c1-7-9(2,3)8(16)18-10(4,5)11(6,17)12(13,14)15/h17H,7H2,1-6H3. The summed E-state index contributed by atoms with van der Waals surface area (Å²) in [6.07, 6.45) is -4.46. The van der Waals surface area contributed by atoms with Crippen LogP contribution in [0.25, 0.3) is 0 Å². The second kappa shape index (κ2) is 4.72. The minimum Gasteiger partial charge on any atom is -0.456 e. The summed E-state index contributed by atoms with van der Waals surface area (Å²) in [5, 5.41) is 9.56. The van der Waals surface area contributed by atoms with Crippen molar-refractivity contribution in [1.82, 2.24) is 0 Å². The molecule has 0 spiro atoms. The number of carbonyl (C=O) groups excluding carboxylic acids is 1. The van der Waals surface area contributed by atoms with Gasteiger partial charge in [-0.1, -0.05) is 6.92 Å². The van der Waals surface area contributed by atoms with Crippen molar-refractivity contribution < 1.29 is 27.8 Å². The average molecular weight is 270 g/mol. The highest BCUT2D eigenvalue weighted by Gasteiger charge is 2.61. The van der Waals surface area contributed by atoms with Gasteiger partial charge in [0.2, 0.25) is 0 Å². The number of ether oxygens (including phenoxy) is 1. The van der Waals surface area contributed by atoms with Gasteiger partial charge in [-0.15, -0.1) is 0 Å². The molecule has 1 N–H and O–H groups in total. The van der Waals surface area contributed by atoms with Crippen molar-refractivity contribution in [2.45, 2.75) is 65.3 Å². The van der Waals surface area contributed by atoms with E-state index in [1.165, 1.54) is 0 Å². The molecule has 1 unspecified atom stereocenters. The Morgan fingerprint density at radius 1 is 1.11 bits per heavy atom. The first-order chi connectivity index (χ1) is 7.69. The van der Waals surface area contributed by atoms with Crippen LogP contribution in [0.2, 0.25) is 0 Å². The maximum Gasteiger partial charge on any atom is 0.420 e. The van der Waals surface area contributed by atoms with Gasteiger partial charge >= 0.3 is 12.1 Å². The average Bonchev–Trinajstić information content (AvgIpc) is 2.14. The summed E-state index contributed by atoms with van der Waals surface area (Å²) >= 11 is 0. The molecule has 6 heteroatoms. The van der Waals surface area contributed by atoms with Crippen molar-refractivity contribution in [2.24, 2.45) is 5.41 Å². The Kier molecular flexibility index (Phi) is 4.51. The largest absolute Gasteiger partial charge is 0.456 e. The van der Waals surface area contributed by atoms with Crippen LogP contribution in [0.3, 0.4) is 0 Å². The van der Waals surface area contributed by atoms with Gasteiger partial charge < -0.3 is 9.84 Å². The van der Waals surface area contributed by atoms with E-state index in [0.717, 1.165) is 13.8 Å². The molecule has 0 aliphatic rings. The topological polar surface area (TPSA) is 46.5 Å². The van der Waals surface area contributed by atoms with Crippen molar-refractivity contribution >= 4 is 5.97 Å². The van der Waals surface area contributed by atoms with E-state index in [9.17, 15) is 23.1 Å². The van der Waals surface area contributed by atoms with Crippen LogP contribution in [0.5, 0.6) is 0 Å². The highest BCUT2D eigenvalue weighted by molar-refractivity contribution is 5.76. The molecule has 0 aliphatic heterocycles. The first-order valence-electron chi connectivity index (χ1n) is 5.71. The van der Waals surface area contributed by atoms with Crippen LogP contribution in [0.4, 0.5) is 13.2 Å². The lowest BCUT2D eigenvalue weighted by atomic mass is 9.85. The van der Waals surface area contributed by atoms with Gasteiger partial charge in [-0.3, -0.25) is 4.79 Å². The third-order valence-corrected chi connectivity index (χ3v) is 3.51. The summed E-state index contributed by atoms with van der Waals surface area (Å²) in [5.74, 6) is -0.764. The van der Waals surface area contributed by atoms with Crippen LogP contribution in [0.1, 0.15) is 48.0 Å². The molecule has 0 aliphatic carbocycles. The highest BCUT2D eigenvalue weighted by atomic mass is 19.4. The van der Waals surface area contributed by atoms with Gasteiger partial charge in [0.15, 0.2) is 5.60 Å². The molecule has 0 saturated carbocycles. The fourth-order valence-corrected chi connectivity index (χ4v) is 0.955. The summed E-state index contributed by atoms with van der Waals surface area (Å²) < 4.78 is 43.0. The SMILES string of the molecule is CCC(C)(C)C(=O)OC(C)(C)C(C)(O)C(F)(F)F. The molecule has 0 aromatic carbocycles. The quantitative estimate of drug-likeness (QED) is 0.799. The number of hydrogen-bond donors (Lipinski definition) is 1. The summed E-state index contributed by atoms with van der Waals surface area (Å²) in [7, 11) is 0. The first-order valence-corrected chi connectivity index (χ1v) is 5.71. The second-order valence-electron chi connectivity index (χ2n) is 5.71. The molecular formula is C12H21F3O3. The van der Waals surface area contributed by atoms with E-state index in [1.54, 1.807) is 20.8 Å². The van der Waals surface area contributed by atoms with Gasteiger partial charge in [-0.05, 0) is 41.0 Å². The van der Waals surface area contributed by atoms with E-state index in [4.69, 9.17) is 4.74 Å². The lowest BCUT2D eigenvalue weighted by molar-refractivity contribution is -0.307. The molecule has 1 atom stereocenters. The predicted octanol–water partition coefficient (Wildman–Crippen LogP) is 3.06. The zero-order valence-corrected chi connectivity index (χ0v) is 11.6. The Morgan fingerprint density at radius 2 is 1.50 bits per heavy atom. The van der Waals surface area contributed by atoms with Crippen LogP contribution >= 0.6 is 0 Å². The molecule has 0 aromatic heterocycles. The van der Waals surface area contributed by atoms with Gasteiger partial charge in [-0.25, -0.2) is 0 Å². The molecule has 0 amide bonds. The van der Waals surface area contributed by atoms with Gasteiger partial charge in [0.05, 0.1) is 5.41 Å². The van der Waals surface area contributed by atoms with Crippen LogP contribution in [0, 0.1) is 5.41 Å². The van der Waals surface area contributed by atoms with E-state index in [0.29, 0.717) is 13.3 Å². The number of halogens is 3. The maximum atomic E-state index is 12.7. The van der Waals surface area contributed by atoms with Crippen molar-refractivity contribution in [1.29, 1.82) is 0 Å². The molecule has 108 valence electrons. The summed E-state index contributed by atoms with van der Waals surface area (Å²) in [6.45, 7) is 7.57. The molecule has 0 aromatic rings. The van der Waals surface area contributed by atoms with E-state index in [1.807, 2.05) is 0 Å². The van der Waals surface area contributed by atoms with Gasteiger partial charge in [-0.2, -0.15) is 13.2 Å². The van der Waals surface area contributed by atoms with Gasteiger partial charge in [0, 0.05) is 0 Å². The van der Waals surface area contributed by atoms with Crippen molar-refractivity contribution in [2.75, 3.05) is 0 Å². The third kappa shape index (κ3) is 3.16. The number of alkyl halides is 3. The van der Waals surface area contributed by atoms with E-state index in [2.05, 4.69) is 0 Å². The zero-order chi connectivity index (χ0) is 15.0. The molecule has 0 heterocycles. The second-order valence-corrected chi connectivity index (χ2v) is 5.71. The van der Waals surface area contributed by atoms with E-state index >= 15 is 0 Å². The normalized spacial score (nSPS) is 17.2. The predicted molar refractivity (Wildman–Crippen MR) is 60.9 cm³/mol. The third-order valence-electron chi connectivity index (χ3n) is 3.51. The first kappa shape index (κ1) is 17.2. The lowest BCUT2D eigenvalue weighted by Gasteiger charge is -2.41. The Morgan fingerprint density at radius 3 is 1.78 bits per heavy atom. The molecule has 0 bridgehead atoms. The minimum atomic E-state index is -4.88. The minimum absolute atomic E-state index is 0.427. The summed E-state index contributed by atoms with van der Waals surface area (Å²) in [6, 6.07) is 0. The molecular weight excluding hydrogens is 249 g/mol. The van der Waals surface area contributed by atoms with Crippen LogP contribution in [-0.2, 0) is 9.53 Å².